The van der Waals surface area contributed by atoms with Crippen LogP contribution in [-0.2, 0) is 11.2 Å². The molecule has 0 fully saturated rings. The first kappa shape index (κ1) is 17.6. The highest BCUT2D eigenvalue weighted by molar-refractivity contribution is 5.79. The predicted octanol–water partition coefficient (Wildman–Crippen LogP) is 2.08. The first-order valence-electron chi connectivity index (χ1n) is 8.22. The molecule has 0 aliphatic carbocycles. The van der Waals surface area contributed by atoms with Crippen molar-refractivity contribution in [3.63, 3.8) is 0 Å². The van der Waals surface area contributed by atoms with E-state index in [0.717, 1.165) is 23.5 Å². The Labute approximate surface area is 138 Å². The number of methoxy groups -OCH3 is 1. The summed E-state index contributed by atoms with van der Waals surface area (Å²) in [6.07, 6.45) is 1.50. The third-order valence-corrected chi connectivity index (χ3v) is 4.55. The normalized spacial score (nSPS) is 18.1. The Balaban J connectivity index is 1.95. The molecule has 2 N–H and O–H groups in total. The summed E-state index contributed by atoms with van der Waals surface area (Å²) in [7, 11) is 3.48. The number of rotatable bonds is 6. The highest BCUT2D eigenvalue weighted by atomic mass is 16.5. The van der Waals surface area contributed by atoms with Gasteiger partial charge in [-0.2, -0.15) is 0 Å². The van der Waals surface area contributed by atoms with E-state index in [0.29, 0.717) is 25.5 Å². The van der Waals surface area contributed by atoms with Gasteiger partial charge in [-0.05, 0) is 42.5 Å². The monoisotopic (exact) mass is 320 g/mol. The molecule has 5 nitrogen and oxygen atoms in total. The van der Waals surface area contributed by atoms with Crippen LogP contribution in [0.3, 0.4) is 0 Å². The Morgan fingerprint density at radius 3 is 2.87 bits per heavy atom. The van der Waals surface area contributed by atoms with Crippen LogP contribution in [-0.4, -0.2) is 44.2 Å². The molecular formula is C18H28N2O3. The maximum atomic E-state index is 12.6. The molecule has 128 valence electrons. The van der Waals surface area contributed by atoms with Gasteiger partial charge >= 0.3 is 0 Å². The lowest BCUT2D eigenvalue weighted by Gasteiger charge is -2.29. The van der Waals surface area contributed by atoms with E-state index in [1.54, 1.807) is 12.0 Å². The number of benzene rings is 1. The Hall–Kier alpha value is -1.75. The standard InChI is InChI=1S/C18H28N2O3/c1-12(2)16(19)7-8-20(3)18(21)14-9-13-10-15(22-4)5-6-17(13)23-11-14/h5-6,10,12,14,16H,7-9,11,19H2,1-4H3. The zero-order chi connectivity index (χ0) is 17.0. The first-order chi connectivity index (χ1) is 10.9. The molecule has 1 aromatic rings. The topological polar surface area (TPSA) is 64.8 Å². The van der Waals surface area contributed by atoms with E-state index in [2.05, 4.69) is 13.8 Å². The van der Waals surface area contributed by atoms with Crippen LogP contribution in [0.1, 0.15) is 25.8 Å². The second-order valence-corrected chi connectivity index (χ2v) is 6.64. The minimum absolute atomic E-state index is 0.120. The molecule has 1 heterocycles. The lowest BCUT2D eigenvalue weighted by Crippen LogP contribution is -2.41. The molecule has 2 unspecified atom stereocenters. The quantitative estimate of drug-likeness (QED) is 0.871. The summed E-state index contributed by atoms with van der Waals surface area (Å²) in [5.41, 5.74) is 7.09. The maximum absolute atomic E-state index is 12.6. The number of carbonyl (C=O) groups is 1. The van der Waals surface area contributed by atoms with Crippen LogP contribution >= 0.6 is 0 Å². The van der Waals surface area contributed by atoms with E-state index in [-0.39, 0.29) is 17.9 Å². The predicted molar refractivity (Wildman–Crippen MR) is 90.8 cm³/mol. The van der Waals surface area contributed by atoms with E-state index in [1.807, 2.05) is 25.2 Å². The van der Waals surface area contributed by atoms with E-state index in [9.17, 15) is 4.79 Å². The van der Waals surface area contributed by atoms with Crippen LogP contribution in [0.5, 0.6) is 11.5 Å². The molecule has 0 bridgehead atoms. The van der Waals surface area contributed by atoms with Gasteiger partial charge in [-0.25, -0.2) is 0 Å². The summed E-state index contributed by atoms with van der Waals surface area (Å²) >= 11 is 0. The van der Waals surface area contributed by atoms with Gasteiger partial charge in [0.15, 0.2) is 0 Å². The van der Waals surface area contributed by atoms with Crippen molar-refractivity contribution in [3.05, 3.63) is 23.8 Å². The van der Waals surface area contributed by atoms with Crippen molar-refractivity contribution in [2.75, 3.05) is 27.3 Å². The molecule has 0 aromatic heterocycles. The van der Waals surface area contributed by atoms with Gasteiger partial charge in [-0.3, -0.25) is 4.79 Å². The van der Waals surface area contributed by atoms with Gasteiger partial charge in [0, 0.05) is 19.6 Å². The van der Waals surface area contributed by atoms with Crippen molar-refractivity contribution in [2.24, 2.45) is 17.6 Å². The van der Waals surface area contributed by atoms with Crippen LogP contribution in [0.4, 0.5) is 0 Å². The molecule has 5 heteroatoms. The average Bonchev–Trinajstić information content (AvgIpc) is 2.57. The molecular weight excluding hydrogens is 292 g/mol. The average molecular weight is 320 g/mol. The number of nitrogens with zero attached hydrogens (tertiary/aromatic N) is 1. The van der Waals surface area contributed by atoms with Gasteiger partial charge in [-0.1, -0.05) is 13.8 Å². The van der Waals surface area contributed by atoms with Gasteiger partial charge in [0.05, 0.1) is 13.0 Å². The van der Waals surface area contributed by atoms with Gasteiger partial charge in [0.25, 0.3) is 0 Å². The SMILES string of the molecule is COc1ccc2c(c1)CC(C(=O)N(C)CCC(N)C(C)C)CO2. The van der Waals surface area contributed by atoms with Crippen molar-refractivity contribution in [2.45, 2.75) is 32.7 Å². The molecule has 1 aromatic carbocycles. The van der Waals surface area contributed by atoms with E-state index in [4.69, 9.17) is 15.2 Å². The highest BCUT2D eigenvalue weighted by Gasteiger charge is 2.28. The zero-order valence-corrected chi connectivity index (χ0v) is 14.5. The first-order valence-corrected chi connectivity index (χ1v) is 8.22. The number of ether oxygens (including phenoxy) is 2. The minimum Gasteiger partial charge on any atom is -0.497 e. The highest BCUT2D eigenvalue weighted by Crippen LogP contribution is 2.31. The molecule has 1 aliphatic heterocycles. The number of hydrogen-bond acceptors (Lipinski definition) is 4. The number of hydrogen-bond donors (Lipinski definition) is 1. The molecule has 23 heavy (non-hydrogen) atoms. The van der Waals surface area contributed by atoms with Crippen molar-refractivity contribution < 1.29 is 14.3 Å². The van der Waals surface area contributed by atoms with Crippen LogP contribution in [0.25, 0.3) is 0 Å². The Kier molecular flexibility index (Phi) is 5.88. The summed E-state index contributed by atoms with van der Waals surface area (Å²) in [5, 5.41) is 0. The Morgan fingerprint density at radius 2 is 2.22 bits per heavy atom. The Bertz CT molecular complexity index is 545. The molecule has 0 radical (unpaired) electrons. The fourth-order valence-electron chi connectivity index (χ4n) is 2.75. The summed E-state index contributed by atoms with van der Waals surface area (Å²) in [5.74, 6) is 2.04. The van der Waals surface area contributed by atoms with Gasteiger partial charge < -0.3 is 20.1 Å². The molecule has 1 amide bonds. The number of carbonyl (C=O) groups excluding carboxylic acids is 1. The van der Waals surface area contributed by atoms with Gasteiger partial charge in [0.1, 0.15) is 18.1 Å². The molecule has 1 aliphatic rings. The smallest absolute Gasteiger partial charge is 0.229 e. The van der Waals surface area contributed by atoms with Crippen LogP contribution < -0.4 is 15.2 Å². The molecule has 0 spiro atoms. The summed E-state index contributed by atoms with van der Waals surface area (Å²) in [4.78, 5) is 14.4. The summed E-state index contributed by atoms with van der Waals surface area (Å²) in [6, 6.07) is 5.85. The zero-order valence-electron chi connectivity index (χ0n) is 14.5. The Morgan fingerprint density at radius 1 is 1.48 bits per heavy atom. The van der Waals surface area contributed by atoms with Gasteiger partial charge in [-0.15, -0.1) is 0 Å². The van der Waals surface area contributed by atoms with Crippen molar-refractivity contribution in [1.29, 1.82) is 0 Å². The number of nitrogens with two attached hydrogens (primary N) is 1. The van der Waals surface area contributed by atoms with E-state index in [1.165, 1.54) is 0 Å². The summed E-state index contributed by atoms with van der Waals surface area (Å²) in [6.45, 7) is 5.32. The molecule has 2 atom stereocenters. The van der Waals surface area contributed by atoms with Crippen LogP contribution in [0.15, 0.2) is 18.2 Å². The lowest BCUT2D eigenvalue weighted by atomic mass is 9.95. The van der Waals surface area contributed by atoms with Gasteiger partial charge in [0.2, 0.25) is 5.91 Å². The molecule has 2 rings (SSSR count). The largest absolute Gasteiger partial charge is 0.497 e. The van der Waals surface area contributed by atoms with Crippen molar-refractivity contribution in [1.82, 2.24) is 4.90 Å². The molecule has 0 saturated carbocycles. The third-order valence-electron chi connectivity index (χ3n) is 4.55. The second-order valence-electron chi connectivity index (χ2n) is 6.64. The molecule has 0 saturated heterocycles. The minimum atomic E-state index is -0.144. The fraction of sp³-hybridized carbons (Fsp3) is 0.611. The summed E-state index contributed by atoms with van der Waals surface area (Å²) < 4.78 is 11.0. The number of amides is 1. The second kappa shape index (κ2) is 7.68. The van der Waals surface area contributed by atoms with E-state index < -0.39 is 0 Å². The fourth-order valence-corrected chi connectivity index (χ4v) is 2.75. The van der Waals surface area contributed by atoms with Crippen LogP contribution in [0, 0.1) is 11.8 Å². The van der Waals surface area contributed by atoms with Crippen molar-refractivity contribution in [3.8, 4) is 11.5 Å². The maximum Gasteiger partial charge on any atom is 0.229 e. The van der Waals surface area contributed by atoms with E-state index >= 15 is 0 Å². The van der Waals surface area contributed by atoms with Crippen LogP contribution in [0.2, 0.25) is 0 Å². The third kappa shape index (κ3) is 4.38. The lowest BCUT2D eigenvalue weighted by molar-refractivity contribution is -0.135. The van der Waals surface area contributed by atoms with Crippen molar-refractivity contribution >= 4 is 5.91 Å². The number of fused-ring (bicyclic) bond motifs is 1.